The summed E-state index contributed by atoms with van der Waals surface area (Å²) in [6.07, 6.45) is 3.91. The van der Waals surface area contributed by atoms with Crippen molar-refractivity contribution in [2.45, 2.75) is 13.3 Å². The Balaban J connectivity index is 1.44. The van der Waals surface area contributed by atoms with Crippen LogP contribution in [0.25, 0.3) is 0 Å². The second kappa shape index (κ2) is 10.4. The summed E-state index contributed by atoms with van der Waals surface area (Å²) < 4.78 is 0. The highest BCUT2D eigenvalue weighted by atomic mass is 35.5. The number of carbonyl (C=O) groups is 1. The van der Waals surface area contributed by atoms with Crippen molar-refractivity contribution in [2.75, 3.05) is 5.43 Å². The minimum Gasteiger partial charge on any atom is -0.289 e. The largest absolute Gasteiger partial charge is 0.289 e. The molecule has 1 N–H and O–H groups in total. The fraction of sp³-hybridized carbons (Fsp3) is 0.0741. The van der Waals surface area contributed by atoms with Crippen molar-refractivity contribution in [1.82, 2.24) is 4.98 Å². The first kappa shape index (κ1) is 22.7. The van der Waals surface area contributed by atoms with Gasteiger partial charge >= 0.3 is 0 Å². The lowest BCUT2D eigenvalue weighted by atomic mass is 9.97. The highest BCUT2D eigenvalue weighted by molar-refractivity contribution is 6.31. The third-order valence-electron chi connectivity index (χ3n) is 5.21. The molecule has 6 heteroatoms. The molecule has 33 heavy (non-hydrogen) atoms. The average molecular weight is 474 g/mol. The van der Waals surface area contributed by atoms with Crippen LogP contribution in [0, 0.1) is 6.92 Å². The van der Waals surface area contributed by atoms with E-state index in [1.165, 1.54) is 6.20 Å². The number of benzene rings is 3. The minimum absolute atomic E-state index is 0.0913. The maximum Gasteiger partial charge on any atom is 0.194 e. The monoisotopic (exact) mass is 473 g/mol. The number of nitrogens with one attached hydrogen (secondary N) is 1. The van der Waals surface area contributed by atoms with Crippen molar-refractivity contribution in [1.29, 1.82) is 0 Å². The summed E-state index contributed by atoms with van der Waals surface area (Å²) in [6.45, 7) is 2.03. The number of aromatic nitrogens is 1. The zero-order valence-electron chi connectivity index (χ0n) is 17.9. The Morgan fingerprint density at radius 1 is 0.970 bits per heavy atom. The van der Waals surface area contributed by atoms with E-state index < -0.39 is 0 Å². The molecule has 0 saturated heterocycles. The van der Waals surface area contributed by atoms with Crippen LogP contribution < -0.4 is 5.43 Å². The zero-order valence-corrected chi connectivity index (χ0v) is 19.4. The number of halogens is 2. The van der Waals surface area contributed by atoms with Crippen molar-refractivity contribution in [3.05, 3.63) is 129 Å². The van der Waals surface area contributed by atoms with Gasteiger partial charge < -0.3 is 0 Å². The van der Waals surface area contributed by atoms with Gasteiger partial charge in [-0.25, -0.2) is 4.98 Å². The lowest BCUT2D eigenvalue weighted by molar-refractivity contribution is 0.103. The van der Waals surface area contributed by atoms with E-state index in [-0.39, 0.29) is 5.78 Å². The molecule has 4 nitrogen and oxygen atoms in total. The number of rotatable bonds is 7. The topological polar surface area (TPSA) is 54.4 Å². The first-order valence-corrected chi connectivity index (χ1v) is 11.1. The van der Waals surface area contributed by atoms with E-state index in [9.17, 15) is 4.79 Å². The van der Waals surface area contributed by atoms with Crippen LogP contribution in [-0.4, -0.2) is 17.0 Å². The molecule has 0 bridgehead atoms. The van der Waals surface area contributed by atoms with Gasteiger partial charge in [0.1, 0.15) is 5.15 Å². The fourth-order valence-electron chi connectivity index (χ4n) is 3.44. The van der Waals surface area contributed by atoms with Crippen LogP contribution in [0.4, 0.5) is 5.69 Å². The first-order valence-electron chi connectivity index (χ1n) is 10.4. The SMILES string of the molecule is Cc1cc(N/N=C/c2ccccc2)cc(Cl)c1Cc1ccc(C(=O)c2ccc(Cl)nc2)cc1. The molecule has 0 atom stereocenters. The lowest BCUT2D eigenvalue weighted by Gasteiger charge is -2.12. The second-order valence-corrected chi connectivity index (χ2v) is 8.40. The first-order chi connectivity index (χ1) is 16.0. The Hall–Kier alpha value is -3.47. The number of aryl methyl sites for hydroxylation is 1. The second-order valence-electron chi connectivity index (χ2n) is 7.61. The third kappa shape index (κ3) is 5.86. The van der Waals surface area contributed by atoms with E-state index in [0.717, 1.165) is 27.9 Å². The van der Waals surface area contributed by atoms with Gasteiger partial charge in [-0.2, -0.15) is 5.10 Å². The molecule has 0 aliphatic rings. The van der Waals surface area contributed by atoms with Crippen LogP contribution in [0.3, 0.4) is 0 Å². The van der Waals surface area contributed by atoms with Crippen LogP contribution >= 0.6 is 23.2 Å². The normalized spacial score (nSPS) is 11.0. The predicted octanol–water partition coefficient (Wildman–Crippen LogP) is 6.96. The molecule has 164 valence electrons. The summed E-state index contributed by atoms with van der Waals surface area (Å²) >= 11 is 12.4. The molecule has 0 saturated carbocycles. The van der Waals surface area contributed by atoms with Crippen LogP contribution in [0.1, 0.15) is 38.2 Å². The average Bonchev–Trinajstić information content (AvgIpc) is 2.83. The van der Waals surface area contributed by atoms with E-state index in [1.54, 1.807) is 18.3 Å². The summed E-state index contributed by atoms with van der Waals surface area (Å²) in [7, 11) is 0. The molecule has 0 fully saturated rings. The molecule has 0 unspecified atom stereocenters. The summed E-state index contributed by atoms with van der Waals surface area (Å²) in [6, 6.07) is 24.6. The van der Waals surface area contributed by atoms with Gasteiger partial charge in [0.15, 0.2) is 5.78 Å². The van der Waals surface area contributed by atoms with Crippen molar-refractivity contribution in [3.63, 3.8) is 0 Å². The Kier molecular flexibility index (Phi) is 7.18. The molecule has 4 rings (SSSR count). The van der Waals surface area contributed by atoms with E-state index in [2.05, 4.69) is 15.5 Å². The third-order valence-corrected chi connectivity index (χ3v) is 5.77. The fourth-order valence-corrected chi connectivity index (χ4v) is 3.88. The summed E-state index contributed by atoms with van der Waals surface area (Å²) in [5.41, 5.74) is 9.14. The molecule has 4 aromatic rings. The number of pyridine rings is 1. The maximum absolute atomic E-state index is 12.6. The number of hydrogen-bond acceptors (Lipinski definition) is 4. The van der Waals surface area contributed by atoms with Crippen LogP contribution in [-0.2, 0) is 6.42 Å². The van der Waals surface area contributed by atoms with Gasteiger partial charge in [0.2, 0.25) is 0 Å². The molecule has 0 spiro atoms. The van der Waals surface area contributed by atoms with E-state index in [1.807, 2.05) is 73.7 Å². The van der Waals surface area contributed by atoms with Crippen molar-refractivity contribution in [2.24, 2.45) is 5.10 Å². The van der Waals surface area contributed by atoms with Crippen molar-refractivity contribution < 1.29 is 4.79 Å². The van der Waals surface area contributed by atoms with Crippen molar-refractivity contribution >= 4 is 40.9 Å². The van der Waals surface area contributed by atoms with Gasteiger partial charge in [-0.15, -0.1) is 0 Å². The van der Waals surface area contributed by atoms with Gasteiger partial charge in [0, 0.05) is 22.3 Å². The smallest absolute Gasteiger partial charge is 0.194 e. The molecular formula is C27H21Cl2N3O. The molecule has 1 heterocycles. The van der Waals surface area contributed by atoms with Crippen LogP contribution in [0.5, 0.6) is 0 Å². The molecule has 0 aliphatic heterocycles. The number of ketones is 1. The Morgan fingerprint density at radius 3 is 2.36 bits per heavy atom. The highest BCUT2D eigenvalue weighted by Crippen LogP contribution is 2.27. The predicted molar refractivity (Wildman–Crippen MR) is 136 cm³/mol. The van der Waals surface area contributed by atoms with Crippen LogP contribution in [0.15, 0.2) is 90.2 Å². The number of hydrogen-bond donors (Lipinski definition) is 1. The van der Waals surface area contributed by atoms with Crippen LogP contribution in [0.2, 0.25) is 10.2 Å². The van der Waals surface area contributed by atoms with Crippen molar-refractivity contribution in [3.8, 4) is 0 Å². The maximum atomic E-state index is 12.6. The Bertz CT molecular complexity index is 1260. The minimum atomic E-state index is -0.0913. The molecule has 0 amide bonds. The van der Waals surface area contributed by atoms with Gasteiger partial charge in [-0.3, -0.25) is 10.2 Å². The molecule has 0 radical (unpaired) electrons. The Labute approximate surface area is 202 Å². The van der Waals surface area contributed by atoms with Gasteiger partial charge in [-0.05, 0) is 59.9 Å². The number of anilines is 1. The summed E-state index contributed by atoms with van der Waals surface area (Å²) in [5, 5.41) is 5.31. The standard InChI is InChI=1S/C27H21Cl2N3O/c1-18-13-23(32-31-16-20-5-3-2-4-6-20)15-25(28)24(18)14-19-7-9-21(10-8-19)27(33)22-11-12-26(29)30-17-22/h2-13,15-17,32H,14H2,1H3/b31-16+. The zero-order chi connectivity index (χ0) is 23.2. The Morgan fingerprint density at radius 2 is 1.70 bits per heavy atom. The molecule has 1 aromatic heterocycles. The van der Waals surface area contributed by atoms with Gasteiger partial charge in [0.25, 0.3) is 0 Å². The van der Waals surface area contributed by atoms with E-state index in [4.69, 9.17) is 23.2 Å². The summed E-state index contributed by atoms with van der Waals surface area (Å²) in [5.74, 6) is -0.0913. The van der Waals surface area contributed by atoms with E-state index in [0.29, 0.717) is 27.7 Å². The number of nitrogens with zero attached hydrogens (tertiary/aromatic N) is 2. The molecule has 3 aromatic carbocycles. The van der Waals surface area contributed by atoms with E-state index >= 15 is 0 Å². The molecule has 0 aliphatic carbocycles. The quantitative estimate of drug-likeness (QED) is 0.136. The lowest BCUT2D eigenvalue weighted by Crippen LogP contribution is -2.02. The number of hydrazone groups is 1. The summed E-state index contributed by atoms with van der Waals surface area (Å²) in [4.78, 5) is 16.6. The molecular weight excluding hydrogens is 453 g/mol. The van der Waals surface area contributed by atoms with Gasteiger partial charge in [-0.1, -0.05) is 77.8 Å². The van der Waals surface area contributed by atoms with Gasteiger partial charge in [0.05, 0.1) is 11.9 Å². The highest BCUT2D eigenvalue weighted by Gasteiger charge is 2.11. The number of carbonyl (C=O) groups excluding carboxylic acids is 1.